The van der Waals surface area contributed by atoms with Crippen molar-refractivity contribution in [3.05, 3.63) is 46.6 Å². The van der Waals surface area contributed by atoms with E-state index in [0.29, 0.717) is 46.7 Å². The molecule has 198 valence electrons. The fourth-order valence-electron chi connectivity index (χ4n) is 7.96. The number of methoxy groups -OCH3 is 2. The van der Waals surface area contributed by atoms with Crippen molar-refractivity contribution >= 4 is 5.78 Å². The third-order valence-corrected chi connectivity index (χ3v) is 9.91. The van der Waals surface area contributed by atoms with E-state index in [1.54, 1.807) is 25.9 Å². The van der Waals surface area contributed by atoms with Crippen LogP contribution in [0.2, 0.25) is 0 Å². The van der Waals surface area contributed by atoms with Gasteiger partial charge in [0, 0.05) is 18.4 Å². The molecule has 0 aromatic heterocycles. The van der Waals surface area contributed by atoms with Crippen molar-refractivity contribution in [3.63, 3.8) is 0 Å². The van der Waals surface area contributed by atoms with E-state index < -0.39 is 6.10 Å². The number of Topliss-reactive ketones (excluding diaryl/α,β-unsaturated/α-hetero) is 1. The lowest BCUT2D eigenvalue weighted by molar-refractivity contribution is -0.0390. The lowest BCUT2D eigenvalue weighted by Crippen LogP contribution is -2.48. The topological polar surface area (TPSA) is 55.8 Å². The molecule has 5 atom stereocenters. The molecule has 4 heteroatoms. The smallest absolute Gasteiger partial charge is 0.166 e. The summed E-state index contributed by atoms with van der Waals surface area (Å²) in [6.45, 7) is 12.0. The number of fused-ring (bicyclic) bond motifs is 2. The number of carbonyl (C=O) groups is 1. The van der Waals surface area contributed by atoms with Gasteiger partial charge in [-0.1, -0.05) is 50.5 Å². The minimum Gasteiger partial charge on any atom is -0.497 e. The van der Waals surface area contributed by atoms with Crippen LogP contribution >= 0.6 is 0 Å². The van der Waals surface area contributed by atoms with E-state index in [-0.39, 0.29) is 11.7 Å². The second-order valence-corrected chi connectivity index (χ2v) is 12.5. The van der Waals surface area contributed by atoms with E-state index in [9.17, 15) is 9.90 Å². The molecule has 1 aromatic rings. The first-order chi connectivity index (χ1) is 17.0. The van der Waals surface area contributed by atoms with Crippen LogP contribution in [-0.4, -0.2) is 31.2 Å². The van der Waals surface area contributed by atoms with Crippen molar-refractivity contribution in [2.24, 2.45) is 22.7 Å². The van der Waals surface area contributed by atoms with Crippen LogP contribution in [0.3, 0.4) is 0 Å². The second kappa shape index (κ2) is 10.4. The SMILES string of the molecule is COc1cc(OC)c2c(c1)[C@H]([C@H](O)/C=C(\C)CC[C@H]1C(C)=CC[C@@H]3C(C)(C)CCC[C@]31C)CCC2=O. The summed E-state index contributed by atoms with van der Waals surface area (Å²) in [6.07, 6.45) is 12.2. The quantitative estimate of drug-likeness (QED) is 0.396. The Morgan fingerprint density at radius 2 is 1.94 bits per heavy atom. The maximum absolute atomic E-state index is 12.7. The average molecular weight is 495 g/mol. The van der Waals surface area contributed by atoms with Crippen LogP contribution in [0.4, 0.5) is 0 Å². The molecule has 0 radical (unpaired) electrons. The summed E-state index contributed by atoms with van der Waals surface area (Å²) in [5.41, 5.74) is 4.97. The summed E-state index contributed by atoms with van der Waals surface area (Å²) in [4.78, 5) is 12.7. The predicted molar refractivity (Wildman–Crippen MR) is 146 cm³/mol. The molecule has 1 fully saturated rings. The number of ether oxygens (including phenoxy) is 2. The Kier molecular flexibility index (Phi) is 7.76. The van der Waals surface area contributed by atoms with Gasteiger partial charge in [-0.05, 0) is 86.7 Å². The molecule has 0 aliphatic heterocycles. The maximum atomic E-state index is 12.7. The fraction of sp³-hybridized carbons (Fsp3) is 0.656. The predicted octanol–water partition coefficient (Wildman–Crippen LogP) is 7.65. The standard InChI is InChI=1S/C32H46O4/c1-20(9-12-25-21(2)10-14-29-31(3,4)15-8-16-32(25,29)5)17-27(34)23-11-13-26(33)30-24(23)18-22(35-6)19-28(30)36-7/h10,17-19,23,25,27,29,34H,8-9,11-16H2,1-7H3/b20-17+/t23-,25+,27-,29-,32+/m1/s1. The third-order valence-electron chi connectivity index (χ3n) is 9.91. The van der Waals surface area contributed by atoms with Gasteiger partial charge in [-0.25, -0.2) is 0 Å². The van der Waals surface area contributed by atoms with E-state index in [0.717, 1.165) is 24.3 Å². The van der Waals surface area contributed by atoms with Crippen molar-refractivity contribution in [3.8, 4) is 11.5 Å². The number of aliphatic hydroxyl groups is 1. The van der Waals surface area contributed by atoms with Crippen molar-refractivity contribution < 1.29 is 19.4 Å². The molecular weight excluding hydrogens is 448 g/mol. The van der Waals surface area contributed by atoms with E-state index in [1.807, 2.05) is 12.1 Å². The largest absolute Gasteiger partial charge is 0.497 e. The van der Waals surface area contributed by atoms with E-state index in [4.69, 9.17) is 9.47 Å². The Hall–Kier alpha value is -2.07. The monoisotopic (exact) mass is 494 g/mol. The van der Waals surface area contributed by atoms with E-state index in [2.05, 4.69) is 40.7 Å². The van der Waals surface area contributed by atoms with Crippen molar-refractivity contribution in [2.45, 2.75) is 98.0 Å². The molecule has 0 amide bonds. The van der Waals surface area contributed by atoms with Gasteiger partial charge in [-0.3, -0.25) is 4.79 Å². The van der Waals surface area contributed by atoms with Crippen LogP contribution in [0.1, 0.15) is 108 Å². The summed E-state index contributed by atoms with van der Waals surface area (Å²) >= 11 is 0. The normalized spacial score (nSPS) is 30.7. The van der Waals surface area contributed by atoms with Gasteiger partial charge < -0.3 is 14.6 Å². The van der Waals surface area contributed by atoms with Crippen LogP contribution in [0, 0.1) is 22.7 Å². The van der Waals surface area contributed by atoms with Gasteiger partial charge in [0.1, 0.15) is 11.5 Å². The maximum Gasteiger partial charge on any atom is 0.166 e. The summed E-state index contributed by atoms with van der Waals surface area (Å²) in [5, 5.41) is 11.3. The Labute approximate surface area is 218 Å². The molecular formula is C32H46O4. The van der Waals surface area contributed by atoms with Gasteiger partial charge in [0.25, 0.3) is 0 Å². The number of carbonyl (C=O) groups excluding carboxylic acids is 1. The number of hydrogen-bond donors (Lipinski definition) is 1. The molecule has 0 bridgehead atoms. The van der Waals surface area contributed by atoms with Gasteiger partial charge >= 0.3 is 0 Å². The molecule has 36 heavy (non-hydrogen) atoms. The molecule has 1 N–H and O–H groups in total. The van der Waals surface area contributed by atoms with Crippen molar-refractivity contribution in [1.29, 1.82) is 0 Å². The number of ketones is 1. The summed E-state index contributed by atoms with van der Waals surface area (Å²) in [7, 11) is 3.19. The Morgan fingerprint density at radius 1 is 1.19 bits per heavy atom. The van der Waals surface area contributed by atoms with Crippen LogP contribution in [0.5, 0.6) is 11.5 Å². The zero-order valence-corrected chi connectivity index (χ0v) is 23.4. The van der Waals surface area contributed by atoms with Crippen LogP contribution in [0.25, 0.3) is 0 Å². The third kappa shape index (κ3) is 4.90. The van der Waals surface area contributed by atoms with Gasteiger partial charge in [0.15, 0.2) is 5.78 Å². The highest BCUT2D eigenvalue weighted by Gasteiger charge is 2.51. The molecule has 4 rings (SSSR count). The molecule has 0 heterocycles. The van der Waals surface area contributed by atoms with Gasteiger partial charge in [-0.15, -0.1) is 0 Å². The van der Waals surface area contributed by atoms with Crippen molar-refractivity contribution in [1.82, 2.24) is 0 Å². The van der Waals surface area contributed by atoms with E-state index >= 15 is 0 Å². The first-order valence-corrected chi connectivity index (χ1v) is 13.8. The highest BCUT2D eigenvalue weighted by Crippen LogP contribution is 2.60. The average Bonchev–Trinajstić information content (AvgIpc) is 2.82. The van der Waals surface area contributed by atoms with Crippen LogP contribution in [-0.2, 0) is 0 Å². The zero-order valence-electron chi connectivity index (χ0n) is 23.4. The molecule has 1 saturated carbocycles. The number of allylic oxidation sites excluding steroid dienone is 3. The van der Waals surface area contributed by atoms with Gasteiger partial charge in [0.2, 0.25) is 0 Å². The highest BCUT2D eigenvalue weighted by atomic mass is 16.5. The molecule has 3 aliphatic carbocycles. The molecule has 0 spiro atoms. The lowest BCUT2D eigenvalue weighted by Gasteiger charge is -2.57. The zero-order chi connectivity index (χ0) is 26.3. The first-order valence-electron chi connectivity index (χ1n) is 13.8. The minimum absolute atomic E-state index is 0.0754. The Bertz CT molecular complexity index is 1050. The highest BCUT2D eigenvalue weighted by molar-refractivity contribution is 6.01. The minimum atomic E-state index is -0.645. The number of hydrogen-bond acceptors (Lipinski definition) is 4. The fourth-order valence-corrected chi connectivity index (χ4v) is 7.96. The van der Waals surface area contributed by atoms with Crippen molar-refractivity contribution in [2.75, 3.05) is 14.2 Å². The lowest BCUT2D eigenvalue weighted by atomic mass is 9.48. The first kappa shape index (κ1) is 27.0. The van der Waals surface area contributed by atoms with E-state index in [1.165, 1.54) is 31.3 Å². The molecule has 1 aromatic carbocycles. The number of benzene rings is 1. The summed E-state index contributed by atoms with van der Waals surface area (Å²) in [6, 6.07) is 3.65. The molecule has 4 nitrogen and oxygen atoms in total. The molecule has 0 saturated heterocycles. The summed E-state index contributed by atoms with van der Waals surface area (Å²) < 4.78 is 11.0. The van der Waals surface area contributed by atoms with Crippen LogP contribution in [0.15, 0.2) is 35.4 Å². The van der Waals surface area contributed by atoms with Crippen LogP contribution < -0.4 is 9.47 Å². The van der Waals surface area contributed by atoms with Gasteiger partial charge in [0.05, 0.1) is 25.9 Å². The Balaban J connectivity index is 1.52. The number of aliphatic hydroxyl groups excluding tert-OH is 1. The summed E-state index contributed by atoms with van der Waals surface area (Å²) in [5.74, 6) is 2.45. The Morgan fingerprint density at radius 3 is 2.64 bits per heavy atom. The number of rotatable bonds is 7. The molecule has 3 aliphatic rings. The second-order valence-electron chi connectivity index (χ2n) is 12.5. The molecule has 0 unspecified atom stereocenters. The van der Waals surface area contributed by atoms with Gasteiger partial charge in [-0.2, -0.15) is 0 Å².